The Balaban J connectivity index is 1.57. The second-order valence-electron chi connectivity index (χ2n) is 6.44. The van der Waals surface area contributed by atoms with Gasteiger partial charge in [-0.15, -0.1) is 5.10 Å². The van der Waals surface area contributed by atoms with E-state index < -0.39 is 0 Å². The molecule has 0 saturated heterocycles. The quantitative estimate of drug-likeness (QED) is 0.660. The Kier molecular flexibility index (Phi) is 4.53. The summed E-state index contributed by atoms with van der Waals surface area (Å²) in [7, 11) is 0. The lowest BCUT2D eigenvalue weighted by molar-refractivity contribution is -0.121. The molecule has 3 N–H and O–H groups in total. The lowest BCUT2D eigenvalue weighted by Crippen LogP contribution is -2.23. The largest absolute Gasteiger partial charge is 0.478 e. The molecule has 3 aromatic heterocycles. The van der Waals surface area contributed by atoms with Gasteiger partial charge in [0.2, 0.25) is 17.7 Å². The molecule has 0 unspecified atom stereocenters. The summed E-state index contributed by atoms with van der Waals surface area (Å²) in [6.45, 7) is 2.46. The van der Waals surface area contributed by atoms with E-state index >= 15 is 0 Å². The third kappa shape index (κ3) is 3.50. The second kappa shape index (κ2) is 7.14. The third-order valence-corrected chi connectivity index (χ3v) is 4.62. The number of fused-ring (bicyclic) bond motifs is 1. The molecule has 3 heterocycles. The smallest absolute Gasteiger partial charge is 0.225 e. The van der Waals surface area contributed by atoms with Crippen LogP contribution in [0.4, 0.5) is 5.95 Å². The molecular formula is C17H20N8O2. The highest BCUT2D eigenvalue weighted by Gasteiger charge is 2.28. The minimum Gasteiger partial charge on any atom is -0.478 e. The summed E-state index contributed by atoms with van der Waals surface area (Å²) < 4.78 is 6.96. The van der Waals surface area contributed by atoms with Crippen LogP contribution < -0.4 is 15.8 Å². The lowest BCUT2D eigenvalue weighted by atomic mass is 10.1. The van der Waals surface area contributed by atoms with Gasteiger partial charge in [-0.1, -0.05) is 5.21 Å². The number of nitrogens with one attached hydrogen (secondary N) is 1. The number of anilines is 1. The highest BCUT2D eigenvalue weighted by molar-refractivity contribution is 5.77. The van der Waals surface area contributed by atoms with Crippen LogP contribution >= 0.6 is 0 Å². The van der Waals surface area contributed by atoms with Gasteiger partial charge >= 0.3 is 0 Å². The van der Waals surface area contributed by atoms with Crippen molar-refractivity contribution in [3.8, 4) is 11.6 Å². The summed E-state index contributed by atoms with van der Waals surface area (Å²) >= 11 is 0. The van der Waals surface area contributed by atoms with Crippen LogP contribution in [-0.2, 0) is 4.79 Å². The maximum atomic E-state index is 11.3. The van der Waals surface area contributed by atoms with Gasteiger partial charge in [-0.2, -0.15) is 9.67 Å². The molecule has 0 aliphatic heterocycles. The highest BCUT2D eigenvalue weighted by Crippen LogP contribution is 2.27. The number of amides is 1. The zero-order valence-corrected chi connectivity index (χ0v) is 14.9. The third-order valence-electron chi connectivity index (χ3n) is 4.62. The second-order valence-corrected chi connectivity index (χ2v) is 6.44. The Bertz CT molecular complexity index is 955. The van der Waals surface area contributed by atoms with Crippen LogP contribution in [0, 0.1) is 5.92 Å². The number of carbonyl (C=O) groups is 1. The number of nitrogens with zero attached hydrogens (tertiary/aromatic N) is 6. The van der Waals surface area contributed by atoms with Gasteiger partial charge in [0.15, 0.2) is 11.2 Å². The van der Waals surface area contributed by atoms with Gasteiger partial charge in [-0.05, 0) is 32.3 Å². The van der Waals surface area contributed by atoms with Gasteiger partial charge in [0.1, 0.15) is 0 Å². The van der Waals surface area contributed by atoms with Crippen molar-refractivity contribution in [2.24, 2.45) is 11.7 Å². The van der Waals surface area contributed by atoms with Gasteiger partial charge < -0.3 is 15.8 Å². The monoisotopic (exact) mass is 368 g/mol. The molecule has 3 aromatic rings. The van der Waals surface area contributed by atoms with Crippen molar-refractivity contribution in [3.05, 3.63) is 24.5 Å². The zero-order valence-electron chi connectivity index (χ0n) is 14.9. The highest BCUT2D eigenvalue weighted by atomic mass is 16.5. The molecule has 1 amide bonds. The van der Waals surface area contributed by atoms with Gasteiger partial charge in [0.25, 0.3) is 0 Å². The molecule has 140 valence electrons. The van der Waals surface area contributed by atoms with Crippen LogP contribution in [0.15, 0.2) is 24.5 Å². The fourth-order valence-electron chi connectivity index (χ4n) is 3.26. The lowest BCUT2D eigenvalue weighted by Gasteiger charge is -2.12. The molecular weight excluding hydrogens is 348 g/mol. The maximum Gasteiger partial charge on any atom is 0.225 e. The molecule has 2 atom stereocenters. The van der Waals surface area contributed by atoms with Crippen LogP contribution in [0.2, 0.25) is 0 Å². The van der Waals surface area contributed by atoms with Crippen molar-refractivity contribution in [1.29, 1.82) is 0 Å². The van der Waals surface area contributed by atoms with E-state index in [0.717, 1.165) is 18.5 Å². The topological polar surface area (TPSA) is 134 Å². The van der Waals surface area contributed by atoms with E-state index in [1.54, 1.807) is 23.1 Å². The average molecular weight is 368 g/mol. The number of pyridine rings is 1. The van der Waals surface area contributed by atoms with Gasteiger partial charge in [0, 0.05) is 18.0 Å². The standard InChI is InChI=1S/C17H20N8O2/c1-2-27-14-6-5-12(8-19-14)25-16-13(23-24-25)9-20-17(22-16)21-11-4-3-10(7-11)15(18)26/h5-6,8-11H,2-4,7H2,1H3,(H2,18,26)(H,20,21,22)/t10-,11-/m1/s1. The molecule has 4 rings (SSSR count). The Labute approximate surface area is 155 Å². The van der Waals surface area contributed by atoms with Crippen molar-refractivity contribution in [2.45, 2.75) is 32.2 Å². The number of carbonyl (C=O) groups excluding carboxylic acids is 1. The Hall–Kier alpha value is -3.30. The molecule has 10 heteroatoms. The van der Waals surface area contributed by atoms with Crippen LogP contribution in [0.1, 0.15) is 26.2 Å². The SMILES string of the molecule is CCOc1ccc(-n2nnc3cnc(N[C@@H]4CC[C@@H](C(N)=O)C4)nc32)cn1. The van der Waals surface area contributed by atoms with E-state index in [-0.39, 0.29) is 17.9 Å². The first-order valence-corrected chi connectivity index (χ1v) is 8.87. The van der Waals surface area contributed by atoms with Crippen LogP contribution in [0.5, 0.6) is 5.88 Å². The number of primary amides is 1. The van der Waals surface area contributed by atoms with Crippen LogP contribution in [0.25, 0.3) is 16.9 Å². The molecule has 0 aromatic carbocycles. The molecule has 1 fully saturated rings. The normalized spacial score (nSPS) is 19.3. The number of nitrogens with two attached hydrogens (primary N) is 1. The molecule has 27 heavy (non-hydrogen) atoms. The predicted octanol–water partition coefficient (Wildman–Crippen LogP) is 1.07. The molecule has 0 radical (unpaired) electrons. The Morgan fingerprint density at radius 2 is 2.22 bits per heavy atom. The fourth-order valence-corrected chi connectivity index (χ4v) is 3.26. The molecule has 0 bridgehead atoms. The van der Waals surface area contributed by atoms with Crippen LogP contribution in [-0.4, -0.2) is 48.5 Å². The van der Waals surface area contributed by atoms with E-state index in [9.17, 15) is 4.79 Å². The van der Waals surface area contributed by atoms with Crippen LogP contribution in [0.3, 0.4) is 0 Å². The maximum absolute atomic E-state index is 11.3. The van der Waals surface area contributed by atoms with Crippen molar-refractivity contribution in [2.75, 3.05) is 11.9 Å². The van der Waals surface area contributed by atoms with E-state index in [2.05, 4.69) is 30.6 Å². The van der Waals surface area contributed by atoms with E-state index in [1.165, 1.54) is 0 Å². The Morgan fingerprint density at radius 1 is 1.33 bits per heavy atom. The fraction of sp³-hybridized carbons (Fsp3) is 0.412. The molecule has 10 nitrogen and oxygen atoms in total. The number of hydrogen-bond acceptors (Lipinski definition) is 8. The number of aromatic nitrogens is 6. The van der Waals surface area contributed by atoms with Gasteiger partial charge in [0.05, 0.1) is 24.7 Å². The predicted molar refractivity (Wildman–Crippen MR) is 97.4 cm³/mol. The van der Waals surface area contributed by atoms with Crippen molar-refractivity contribution >= 4 is 23.0 Å². The summed E-state index contributed by atoms with van der Waals surface area (Å²) in [4.78, 5) is 24.4. The molecule has 1 aliphatic rings. The first-order valence-electron chi connectivity index (χ1n) is 8.87. The number of rotatable bonds is 6. The van der Waals surface area contributed by atoms with E-state index in [1.807, 2.05) is 13.0 Å². The number of hydrogen-bond donors (Lipinski definition) is 2. The minimum absolute atomic E-state index is 0.0895. The first-order chi connectivity index (χ1) is 13.1. The summed E-state index contributed by atoms with van der Waals surface area (Å²) in [5.41, 5.74) is 7.27. The average Bonchev–Trinajstić information content (AvgIpc) is 3.30. The molecule has 1 saturated carbocycles. The van der Waals surface area contributed by atoms with Gasteiger partial charge in [-0.3, -0.25) is 4.79 Å². The van der Waals surface area contributed by atoms with E-state index in [0.29, 0.717) is 36.0 Å². The summed E-state index contributed by atoms with van der Waals surface area (Å²) in [6.07, 6.45) is 5.61. The Morgan fingerprint density at radius 3 is 2.93 bits per heavy atom. The molecule has 1 aliphatic carbocycles. The number of ether oxygens (including phenoxy) is 1. The van der Waals surface area contributed by atoms with Crippen molar-refractivity contribution in [1.82, 2.24) is 29.9 Å². The van der Waals surface area contributed by atoms with Crippen molar-refractivity contribution in [3.63, 3.8) is 0 Å². The summed E-state index contributed by atoms with van der Waals surface area (Å²) in [5, 5.41) is 11.5. The van der Waals surface area contributed by atoms with Gasteiger partial charge in [-0.25, -0.2) is 9.97 Å². The summed E-state index contributed by atoms with van der Waals surface area (Å²) in [5.74, 6) is 0.683. The summed E-state index contributed by atoms with van der Waals surface area (Å²) in [6, 6.07) is 3.74. The zero-order chi connectivity index (χ0) is 18.8. The molecule has 0 spiro atoms. The minimum atomic E-state index is -0.249. The van der Waals surface area contributed by atoms with Crippen molar-refractivity contribution < 1.29 is 9.53 Å². The van der Waals surface area contributed by atoms with E-state index in [4.69, 9.17) is 10.5 Å². The first kappa shape index (κ1) is 17.1.